The van der Waals surface area contributed by atoms with Crippen molar-refractivity contribution in [1.82, 2.24) is 0 Å². The van der Waals surface area contributed by atoms with Crippen molar-refractivity contribution in [1.29, 1.82) is 0 Å². The normalized spacial score (nSPS) is 12.1. The molecule has 0 saturated carbocycles. The molecule has 2 aromatic rings. The van der Waals surface area contributed by atoms with Gasteiger partial charge in [-0.2, -0.15) is 26.3 Å². The summed E-state index contributed by atoms with van der Waals surface area (Å²) in [4.78, 5) is 11.0. The molecule has 0 spiro atoms. The van der Waals surface area contributed by atoms with Gasteiger partial charge in [0.15, 0.2) is 6.29 Å². The summed E-state index contributed by atoms with van der Waals surface area (Å²) < 4.78 is 82.6. The number of carbonyl (C=O) groups is 1. The summed E-state index contributed by atoms with van der Waals surface area (Å²) in [5, 5.41) is 0. The maximum absolute atomic E-state index is 12.8. The number of carbonyl (C=O) groups excluding carboxylic acids is 1. The molecule has 2 aromatic carbocycles. The lowest BCUT2D eigenvalue weighted by atomic mass is 10.1. The predicted molar refractivity (Wildman–Crippen MR) is 80.3 cm³/mol. The molecule has 9 heteroatoms. The fourth-order valence-electron chi connectivity index (χ4n) is 2.01. The van der Waals surface area contributed by atoms with Gasteiger partial charge in [0, 0.05) is 4.47 Å². The third-order valence-electron chi connectivity index (χ3n) is 3.14. The van der Waals surface area contributed by atoms with Gasteiger partial charge in [0.1, 0.15) is 12.4 Å². The lowest BCUT2D eigenvalue weighted by molar-refractivity contribution is -0.143. The first-order valence-corrected chi connectivity index (χ1v) is 7.46. The Balaban J connectivity index is 2.35. The lowest BCUT2D eigenvalue weighted by Gasteiger charge is -2.15. The van der Waals surface area contributed by atoms with E-state index in [-0.39, 0.29) is 22.9 Å². The number of ether oxygens (including phenoxy) is 1. The van der Waals surface area contributed by atoms with Crippen LogP contribution in [0.5, 0.6) is 5.75 Å². The Morgan fingerprint density at radius 3 is 1.96 bits per heavy atom. The number of hydrogen-bond acceptors (Lipinski definition) is 2. The molecule has 0 atom stereocenters. The van der Waals surface area contributed by atoms with Crippen LogP contribution in [0.4, 0.5) is 26.3 Å². The van der Waals surface area contributed by atoms with E-state index in [4.69, 9.17) is 4.74 Å². The second-order valence-electron chi connectivity index (χ2n) is 5.00. The van der Waals surface area contributed by atoms with Crippen molar-refractivity contribution in [2.75, 3.05) is 0 Å². The first kappa shape index (κ1) is 19.3. The highest BCUT2D eigenvalue weighted by Gasteiger charge is 2.36. The zero-order valence-corrected chi connectivity index (χ0v) is 13.8. The minimum absolute atomic E-state index is 0.0416. The summed E-state index contributed by atoms with van der Waals surface area (Å²) in [5.74, 6) is 0.0455. The number of aldehydes is 1. The second kappa shape index (κ2) is 7.07. The zero-order valence-electron chi connectivity index (χ0n) is 12.2. The van der Waals surface area contributed by atoms with Gasteiger partial charge in [-0.3, -0.25) is 4.79 Å². The predicted octanol–water partition coefficient (Wildman–Crippen LogP) is 5.88. The highest BCUT2D eigenvalue weighted by Crippen LogP contribution is 2.36. The van der Waals surface area contributed by atoms with Crippen LogP contribution in [0.25, 0.3) is 0 Å². The molecule has 25 heavy (non-hydrogen) atoms. The lowest BCUT2D eigenvalue weighted by Crippen LogP contribution is -2.12. The van der Waals surface area contributed by atoms with Gasteiger partial charge in [-0.15, -0.1) is 0 Å². The summed E-state index contributed by atoms with van der Waals surface area (Å²) in [7, 11) is 0. The van der Waals surface area contributed by atoms with Crippen LogP contribution < -0.4 is 4.74 Å². The summed E-state index contributed by atoms with van der Waals surface area (Å²) in [6, 6.07) is 5.51. The van der Waals surface area contributed by atoms with E-state index < -0.39 is 30.1 Å². The number of halogens is 7. The van der Waals surface area contributed by atoms with E-state index >= 15 is 0 Å². The molecule has 0 N–H and O–H groups in total. The number of alkyl halides is 6. The second-order valence-corrected chi connectivity index (χ2v) is 5.92. The van der Waals surface area contributed by atoms with Gasteiger partial charge in [-0.05, 0) is 42.0 Å². The highest BCUT2D eigenvalue weighted by atomic mass is 79.9. The average Bonchev–Trinajstić information content (AvgIpc) is 2.51. The third kappa shape index (κ3) is 4.97. The van der Waals surface area contributed by atoms with Crippen LogP contribution in [0.3, 0.4) is 0 Å². The maximum atomic E-state index is 12.8. The summed E-state index contributed by atoms with van der Waals surface area (Å²) in [5.41, 5.74) is -3.06. The highest BCUT2D eigenvalue weighted by molar-refractivity contribution is 9.10. The van der Waals surface area contributed by atoms with Gasteiger partial charge in [-0.1, -0.05) is 15.9 Å². The van der Waals surface area contributed by atoms with Crippen molar-refractivity contribution < 1.29 is 35.9 Å². The molecule has 0 fully saturated rings. The number of hydrogen-bond donors (Lipinski definition) is 0. The van der Waals surface area contributed by atoms with Crippen LogP contribution in [0.1, 0.15) is 27.0 Å². The summed E-state index contributed by atoms with van der Waals surface area (Å²) >= 11 is 3.13. The van der Waals surface area contributed by atoms with Gasteiger partial charge in [0.25, 0.3) is 0 Å². The van der Waals surface area contributed by atoms with Crippen LogP contribution in [-0.4, -0.2) is 6.29 Å². The van der Waals surface area contributed by atoms with E-state index in [0.717, 1.165) is 0 Å². The molecule has 2 nitrogen and oxygen atoms in total. The quantitative estimate of drug-likeness (QED) is 0.450. The number of benzene rings is 2. The molecule has 0 radical (unpaired) electrons. The molecular weight excluding hydrogens is 418 g/mol. The smallest absolute Gasteiger partial charge is 0.416 e. The molecule has 0 aliphatic carbocycles. The third-order valence-corrected chi connectivity index (χ3v) is 3.63. The SMILES string of the molecule is O=Cc1cc(Br)ccc1OCc1cc(C(F)(F)F)cc(C(F)(F)F)c1. The van der Waals surface area contributed by atoms with E-state index in [2.05, 4.69) is 15.9 Å². The molecule has 0 unspecified atom stereocenters. The van der Waals surface area contributed by atoms with Gasteiger partial charge in [0.05, 0.1) is 16.7 Å². The van der Waals surface area contributed by atoms with Crippen LogP contribution in [0.2, 0.25) is 0 Å². The van der Waals surface area contributed by atoms with E-state index in [1.165, 1.54) is 18.2 Å². The summed E-state index contributed by atoms with van der Waals surface area (Å²) in [6.45, 7) is -0.560. The van der Waals surface area contributed by atoms with Crippen molar-refractivity contribution in [3.63, 3.8) is 0 Å². The molecule has 2 rings (SSSR count). The van der Waals surface area contributed by atoms with Crippen LogP contribution in [0.15, 0.2) is 40.9 Å². The topological polar surface area (TPSA) is 26.3 Å². The Hall–Kier alpha value is -2.03. The Bertz CT molecular complexity index is 751. The van der Waals surface area contributed by atoms with Gasteiger partial charge >= 0.3 is 12.4 Å². The van der Waals surface area contributed by atoms with Crippen molar-refractivity contribution in [2.24, 2.45) is 0 Å². The Kier molecular flexibility index (Phi) is 5.46. The minimum atomic E-state index is -4.93. The Labute approximate surface area is 146 Å². The van der Waals surface area contributed by atoms with Crippen molar-refractivity contribution >= 4 is 22.2 Å². The Morgan fingerprint density at radius 1 is 0.920 bits per heavy atom. The largest absolute Gasteiger partial charge is 0.488 e. The molecule has 0 saturated heterocycles. The molecule has 0 aliphatic heterocycles. The average molecular weight is 427 g/mol. The van der Waals surface area contributed by atoms with Crippen molar-refractivity contribution in [3.8, 4) is 5.75 Å². The molecule has 0 aromatic heterocycles. The molecule has 134 valence electrons. The van der Waals surface area contributed by atoms with Crippen molar-refractivity contribution in [2.45, 2.75) is 19.0 Å². The standard InChI is InChI=1S/C16H9BrF6O2/c17-13-1-2-14(10(5-13)7-24)25-8-9-3-11(15(18,19)20)6-12(4-9)16(21,22)23/h1-7H,8H2. The van der Waals surface area contributed by atoms with E-state index in [0.29, 0.717) is 22.9 Å². The van der Waals surface area contributed by atoms with Crippen molar-refractivity contribution in [3.05, 3.63) is 63.1 Å². The number of rotatable bonds is 4. The molecular formula is C16H9BrF6O2. The Morgan fingerprint density at radius 2 is 1.48 bits per heavy atom. The van der Waals surface area contributed by atoms with E-state index in [1.807, 2.05) is 0 Å². The van der Waals surface area contributed by atoms with E-state index in [9.17, 15) is 31.1 Å². The van der Waals surface area contributed by atoms with Crippen LogP contribution in [0, 0.1) is 0 Å². The molecule has 0 heterocycles. The fraction of sp³-hybridized carbons (Fsp3) is 0.188. The maximum Gasteiger partial charge on any atom is 0.416 e. The van der Waals surface area contributed by atoms with Crippen LogP contribution in [-0.2, 0) is 19.0 Å². The minimum Gasteiger partial charge on any atom is -0.488 e. The van der Waals surface area contributed by atoms with Crippen LogP contribution >= 0.6 is 15.9 Å². The fourth-order valence-corrected chi connectivity index (χ4v) is 2.39. The van der Waals surface area contributed by atoms with Gasteiger partial charge in [-0.25, -0.2) is 0 Å². The zero-order chi connectivity index (χ0) is 18.8. The van der Waals surface area contributed by atoms with Gasteiger partial charge in [0.2, 0.25) is 0 Å². The first-order chi connectivity index (χ1) is 11.5. The molecule has 0 amide bonds. The van der Waals surface area contributed by atoms with Gasteiger partial charge < -0.3 is 4.74 Å². The van der Waals surface area contributed by atoms with E-state index in [1.54, 1.807) is 0 Å². The first-order valence-electron chi connectivity index (χ1n) is 6.66. The molecule has 0 aliphatic rings. The summed E-state index contributed by atoms with van der Waals surface area (Å²) in [6.07, 6.45) is -9.39. The monoisotopic (exact) mass is 426 g/mol. The molecule has 0 bridgehead atoms.